The van der Waals surface area contributed by atoms with E-state index in [1.165, 1.54) is 23.5 Å². The molecule has 0 bridgehead atoms. The van der Waals surface area contributed by atoms with Crippen molar-refractivity contribution in [2.75, 3.05) is 0 Å². The van der Waals surface area contributed by atoms with Gasteiger partial charge in [0.1, 0.15) is 6.10 Å². The Hall–Kier alpha value is -2.51. The van der Waals surface area contributed by atoms with Gasteiger partial charge in [-0.25, -0.2) is 9.78 Å². The summed E-state index contributed by atoms with van der Waals surface area (Å²) in [4.78, 5) is 50.3. The summed E-state index contributed by atoms with van der Waals surface area (Å²) in [5.74, 6) is -0.705. The smallest absolute Gasteiger partial charge is 0.550 e. The van der Waals surface area contributed by atoms with Crippen LogP contribution < -0.4 is 45.9 Å². The zero-order valence-corrected chi connectivity index (χ0v) is 29.8. The van der Waals surface area contributed by atoms with Crippen LogP contribution in [0.15, 0.2) is 39.7 Å². The Bertz CT molecular complexity index is 1510. The molecule has 0 aromatic carbocycles. The summed E-state index contributed by atoms with van der Waals surface area (Å²) in [6.07, 6.45) is 8.27. The van der Waals surface area contributed by atoms with Crippen molar-refractivity contribution in [3.8, 4) is 0 Å². The van der Waals surface area contributed by atoms with E-state index >= 15 is 0 Å². The maximum absolute atomic E-state index is 12.5. The normalized spacial score (nSPS) is 24.3. The Morgan fingerprint density at radius 1 is 1.13 bits per heavy atom. The van der Waals surface area contributed by atoms with E-state index in [9.17, 15) is 34.5 Å². The van der Waals surface area contributed by atoms with E-state index in [1.807, 2.05) is 13.8 Å². The summed E-state index contributed by atoms with van der Waals surface area (Å²) < 4.78 is 10.0. The summed E-state index contributed by atoms with van der Waals surface area (Å²) in [5, 5.41) is 30.7. The molecule has 2 aliphatic carbocycles. The van der Waals surface area contributed by atoms with Crippen LogP contribution in [0.25, 0.3) is 11.2 Å². The zero-order valence-electron chi connectivity index (χ0n) is 27.8. The van der Waals surface area contributed by atoms with Crippen molar-refractivity contribution in [1.82, 2.24) is 18.7 Å². The first kappa shape index (κ1) is 38.7. The van der Waals surface area contributed by atoms with Gasteiger partial charge in [-0.3, -0.25) is 18.7 Å². The fourth-order valence-electron chi connectivity index (χ4n) is 6.22. The first-order valence-electron chi connectivity index (χ1n) is 15.4. The third-order valence-corrected chi connectivity index (χ3v) is 8.97. The largest absolute Gasteiger partial charge is 1.00 e. The van der Waals surface area contributed by atoms with Gasteiger partial charge in [0.25, 0.3) is 5.56 Å². The Morgan fingerprint density at radius 2 is 1.80 bits per heavy atom. The molecular weight excluding hydrogens is 591 g/mol. The SMILES string of the molecule is CC[C@H](C)C(=O)O[C@H]1C[C@@H](C)C=C2C=C[C@H](C)[C@H](CC[C@@H](O)C[C@@H](O)CC(=O)[O-])[C@H]21.Cn1c(=O)c2c(ncn2C)n(C)c1=O.[Na+]. The molecular formula is C32H47N4NaO8. The number of aliphatic hydroxyl groups is 2. The minimum absolute atomic E-state index is 0. The van der Waals surface area contributed by atoms with E-state index in [-0.39, 0.29) is 83.0 Å². The van der Waals surface area contributed by atoms with Gasteiger partial charge in [0.05, 0.1) is 24.5 Å². The predicted octanol–water partition coefficient (Wildman–Crippen LogP) is -1.64. The summed E-state index contributed by atoms with van der Waals surface area (Å²) in [7, 11) is 4.77. The van der Waals surface area contributed by atoms with Gasteiger partial charge in [-0.05, 0) is 55.4 Å². The number of esters is 1. The van der Waals surface area contributed by atoms with Crippen molar-refractivity contribution in [3.05, 3.63) is 51.0 Å². The number of hydrogen-bond donors (Lipinski definition) is 2. The molecule has 0 unspecified atom stereocenters. The van der Waals surface area contributed by atoms with Crippen LogP contribution >= 0.6 is 0 Å². The van der Waals surface area contributed by atoms with Crippen LogP contribution in [-0.2, 0) is 35.5 Å². The molecule has 0 aliphatic heterocycles. The number of ether oxygens (including phenoxy) is 1. The molecule has 2 N–H and O–H groups in total. The molecule has 8 atom stereocenters. The van der Waals surface area contributed by atoms with E-state index in [4.69, 9.17) is 4.74 Å². The predicted molar refractivity (Wildman–Crippen MR) is 163 cm³/mol. The number of hydrogen-bond acceptors (Lipinski definition) is 9. The van der Waals surface area contributed by atoms with Gasteiger partial charge in [-0.2, -0.15) is 0 Å². The van der Waals surface area contributed by atoms with Crippen molar-refractivity contribution in [2.45, 2.75) is 84.5 Å². The summed E-state index contributed by atoms with van der Waals surface area (Å²) in [5.41, 5.74) is 1.38. The Balaban J connectivity index is 0.000000391. The number of carbonyl (C=O) groups excluding carboxylic acids is 2. The second-order valence-corrected chi connectivity index (χ2v) is 12.5. The number of allylic oxidation sites excluding steroid dienone is 3. The van der Waals surface area contributed by atoms with Crippen molar-refractivity contribution in [2.24, 2.45) is 50.7 Å². The summed E-state index contributed by atoms with van der Waals surface area (Å²) in [6.45, 7) is 8.14. The number of carboxylic acids is 1. The quantitative estimate of drug-likeness (QED) is 0.229. The first-order valence-corrected chi connectivity index (χ1v) is 15.4. The molecule has 2 aromatic heterocycles. The van der Waals surface area contributed by atoms with Gasteiger partial charge in [-0.1, -0.05) is 45.9 Å². The molecule has 4 rings (SSSR count). The number of rotatable bonds is 10. The third-order valence-electron chi connectivity index (χ3n) is 8.97. The molecule has 0 saturated heterocycles. The van der Waals surface area contributed by atoms with Gasteiger partial charge in [0, 0.05) is 39.5 Å². The monoisotopic (exact) mass is 638 g/mol. The zero-order chi connectivity index (χ0) is 32.9. The number of carboxylic acid groups (broad SMARTS) is 1. The first-order chi connectivity index (χ1) is 20.7. The fraction of sp³-hybridized carbons (Fsp3) is 0.656. The number of nitrogens with zero attached hydrogens (tertiary/aromatic N) is 4. The third kappa shape index (κ3) is 9.51. The molecule has 45 heavy (non-hydrogen) atoms. The van der Waals surface area contributed by atoms with Crippen molar-refractivity contribution < 1.29 is 59.2 Å². The number of aliphatic hydroxyl groups excluding tert-OH is 2. The van der Waals surface area contributed by atoms with E-state index in [0.29, 0.717) is 29.9 Å². The fourth-order valence-corrected chi connectivity index (χ4v) is 6.22. The van der Waals surface area contributed by atoms with E-state index in [0.717, 1.165) is 17.4 Å². The van der Waals surface area contributed by atoms with Crippen molar-refractivity contribution in [3.63, 3.8) is 0 Å². The molecule has 0 amide bonds. The molecule has 2 aromatic rings. The van der Waals surface area contributed by atoms with E-state index in [1.54, 1.807) is 18.7 Å². The van der Waals surface area contributed by atoms with Crippen molar-refractivity contribution >= 4 is 23.1 Å². The number of aryl methyl sites for hydroxylation is 2. The van der Waals surface area contributed by atoms with Gasteiger partial charge in [0.15, 0.2) is 11.2 Å². The van der Waals surface area contributed by atoms with Gasteiger partial charge < -0.3 is 29.4 Å². The van der Waals surface area contributed by atoms with Crippen LogP contribution in [0.3, 0.4) is 0 Å². The van der Waals surface area contributed by atoms with Crippen LogP contribution in [0.1, 0.15) is 66.2 Å². The molecule has 2 heterocycles. The van der Waals surface area contributed by atoms with E-state index < -0.39 is 24.6 Å². The maximum Gasteiger partial charge on any atom is 1.00 e. The standard InChI is InChI=1S/C24H38O6.C8H10N4O2.Na/c1-5-15(3)24(29)30-21-11-14(2)10-17-7-6-16(4)20(23(17)21)9-8-18(25)12-19(26)13-22(27)28;1-10-4-9-6-5(10)7(13)12(3)8(14)11(6)2;/h6-7,10,14-16,18-21,23,25-26H,5,8-9,11-13H2,1-4H3,(H,27,28);4H,1-3H3;/q;;+1/p-1/t14-,15-,16-,18+,19+,20-,21-,23-;;/m0../s1. The number of aromatic nitrogens is 4. The number of imidazole rings is 1. The molecule has 13 heteroatoms. The summed E-state index contributed by atoms with van der Waals surface area (Å²) >= 11 is 0. The van der Waals surface area contributed by atoms with Crippen LogP contribution in [0.5, 0.6) is 0 Å². The second-order valence-electron chi connectivity index (χ2n) is 12.5. The minimum Gasteiger partial charge on any atom is -0.550 e. The topological polar surface area (TPSA) is 169 Å². The molecule has 12 nitrogen and oxygen atoms in total. The maximum atomic E-state index is 12.5. The van der Waals surface area contributed by atoms with Crippen LogP contribution in [0, 0.1) is 29.6 Å². The van der Waals surface area contributed by atoms with Crippen LogP contribution in [0.4, 0.5) is 0 Å². The van der Waals surface area contributed by atoms with Gasteiger partial charge in [-0.15, -0.1) is 0 Å². The number of carbonyl (C=O) groups is 2. The number of fused-ring (bicyclic) bond motifs is 2. The number of aliphatic carboxylic acids is 1. The molecule has 2 aliphatic rings. The Kier molecular flexibility index (Phi) is 14.5. The van der Waals surface area contributed by atoms with Crippen molar-refractivity contribution in [1.29, 1.82) is 0 Å². The van der Waals surface area contributed by atoms with Gasteiger partial charge in [0.2, 0.25) is 0 Å². The van der Waals surface area contributed by atoms with Crippen LogP contribution in [-0.4, -0.2) is 59.1 Å². The molecule has 0 radical (unpaired) electrons. The minimum atomic E-state index is -1.32. The molecule has 0 fully saturated rings. The second kappa shape index (κ2) is 16.9. The van der Waals surface area contributed by atoms with Gasteiger partial charge >= 0.3 is 41.2 Å². The average Bonchev–Trinajstić information content (AvgIpc) is 3.35. The molecule has 244 valence electrons. The van der Waals surface area contributed by atoms with E-state index in [2.05, 4.69) is 37.1 Å². The Morgan fingerprint density at radius 3 is 2.42 bits per heavy atom. The van der Waals surface area contributed by atoms with Crippen LogP contribution in [0.2, 0.25) is 0 Å². The summed E-state index contributed by atoms with van der Waals surface area (Å²) in [6, 6.07) is 0. The molecule has 0 spiro atoms. The Labute approximate surface area is 286 Å². The average molecular weight is 639 g/mol. The molecule has 0 saturated carbocycles.